The van der Waals surface area contributed by atoms with Crippen molar-refractivity contribution in [3.63, 3.8) is 0 Å². The molecule has 1 aromatic heterocycles. The molecule has 0 saturated heterocycles. The summed E-state index contributed by atoms with van der Waals surface area (Å²) >= 11 is 1.60. The summed E-state index contributed by atoms with van der Waals surface area (Å²) in [6, 6.07) is 10.5. The summed E-state index contributed by atoms with van der Waals surface area (Å²) in [5.74, 6) is 0.161. The van der Waals surface area contributed by atoms with Crippen LogP contribution in [0.15, 0.2) is 41.8 Å². The van der Waals surface area contributed by atoms with Crippen molar-refractivity contribution in [2.75, 3.05) is 0 Å². The SMILES string of the molecule is O=P(O)(O)Oc1ccc(-c2cccs2)cc1. The van der Waals surface area contributed by atoms with E-state index >= 15 is 0 Å². The molecule has 1 heterocycles. The van der Waals surface area contributed by atoms with Gasteiger partial charge in [-0.15, -0.1) is 11.3 Å². The van der Waals surface area contributed by atoms with E-state index in [-0.39, 0.29) is 5.75 Å². The zero-order chi connectivity index (χ0) is 11.6. The Morgan fingerprint density at radius 2 is 1.81 bits per heavy atom. The largest absolute Gasteiger partial charge is 0.524 e. The molecule has 0 aliphatic carbocycles. The molecule has 0 aliphatic rings. The second kappa shape index (κ2) is 4.39. The van der Waals surface area contributed by atoms with Gasteiger partial charge in [0.25, 0.3) is 0 Å². The monoisotopic (exact) mass is 256 g/mol. The molecule has 84 valence electrons. The normalized spacial score (nSPS) is 11.4. The highest BCUT2D eigenvalue weighted by molar-refractivity contribution is 7.46. The average Bonchev–Trinajstić information content (AvgIpc) is 2.69. The fourth-order valence-corrected chi connectivity index (χ4v) is 2.39. The van der Waals surface area contributed by atoms with Gasteiger partial charge < -0.3 is 4.52 Å². The Labute approximate surface area is 96.4 Å². The van der Waals surface area contributed by atoms with E-state index in [1.54, 1.807) is 23.5 Å². The molecule has 2 rings (SSSR count). The topological polar surface area (TPSA) is 66.8 Å². The molecule has 0 aliphatic heterocycles. The van der Waals surface area contributed by atoms with Gasteiger partial charge in [0, 0.05) is 4.88 Å². The molecule has 0 bridgehead atoms. The van der Waals surface area contributed by atoms with Crippen LogP contribution in [0.25, 0.3) is 10.4 Å². The summed E-state index contributed by atoms with van der Waals surface area (Å²) in [6.07, 6.45) is 0. The Balaban J connectivity index is 2.20. The maximum Gasteiger partial charge on any atom is 0.524 e. The van der Waals surface area contributed by atoms with Crippen molar-refractivity contribution >= 4 is 19.2 Å². The van der Waals surface area contributed by atoms with Crippen LogP contribution in [-0.2, 0) is 4.57 Å². The molecule has 6 heteroatoms. The number of thiophene rings is 1. The number of hydrogen-bond acceptors (Lipinski definition) is 3. The molecule has 0 fully saturated rings. The molecule has 0 unspecified atom stereocenters. The van der Waals surface area contributed by atoms with Crippen LogP contribution in [0.3, 0.4) is 0 Å². The summed E-state index contributed by atoms with van der Waals surface area (Å²) in [5.41, 5.74) is 0.994. The van der Waals surface area contributed by atoms with Crippen molar-refractivity contribution in [1.82, 2.24) is 0 Å². The first-order chi connectivity index (χ1) is 7.54. The van der Waals surface area contributed by atoms with Crippen LogP contribution in [0.1, 0.15) is 0 Å². The van der Waals surface area contributed by atoms with Gasteiger partial charge in [0.2, 0.25) is 0 Å². The van der Waals surface area contributed by atoms with E-state index in [0.29, 0.717) is 0 Å². The summed E-state index contributed by atoms with van der Waals surface area (Å²) in [5, 5.41) is 1.97. The summed E-state index contributed by atoms with van der Waals surface area (Å²) in [6.45, 7) is 0. The molecule has 2 N–H and O–H groups in total. The van der Waals surface area contributed by atoms with Gasteiger partial charge in [-0.2, -0.15) is 0 Å². The maximum atomic E-state index is 10.6. The first-order valence-electron chi connectivity index (χ1n) is 4.44. The first kappa shape index (κ1) is 11.4. The van der Waals surface area contributed by atoms with Gasteiger partial charge in [-0.05, 0) is 41.3 Å². The zero-order valence-electron chi connectivity index (χ0n) is 8.11. The van der Waals surface area contributed by atoms with E-state index < -0.39 is 7.82 Å². The van der Waals surface area contributed by atoms with Gasteiger partial charge in [-0.25, -0.2) is 4.57 Å². The fourth-order valence-electron chi connectivity index (χ4n) is 1.26. The number of phosphoric ester groups is 1. The van der Waals surface area contributed by atoms with Crippen molar-refractivity contribution < 1.29 is 18.9 Å². The predicted molar refractivity (Wildman–Crippen MR) is 62.4 cm³/mol. The molecule has 4 nitrogen and oxygen atoms in total. The van der Waals surface area contributed by atoms with E-state index in [0.717, 1.165) is 10.4 Å². The van der Waals surface area contributed by atoms with Crippen molar-refractivity contribution in [1.29, 1.82) is 0 Å². The van der Waals surface area contributed by atoms with Gasteiger partial charge in [-0.3, -0.25) is 9.79 Å². The third-order valence-corrected chi connectivity index (χ3v) is 3.25. The molecule has 1 aromatic carbocycles. The van der Waals surface area contributed by atoms with Gasteiger partial charge in [-0.1, -0.05) is 6.07 Å². The number of rotatable bonds is 3. The Kier molecular flexibility index (Phi) is 3.12. The van der Waals surface area contributed by atoms with Crippen molar-refractivity contribution in [2.24, 2.45) is 0 Å². The molecule has 0 spiro atoms. The highest BCUT2D eigenvalue weighted by atomic mass is 32.1. The van der Waals surface area contributed by atoms with Gasteiger partial charge in [0.05, 0.1) is 0 Å². The van der Waals surface area contributed by atoms with Crippen LogP contribution in [0.2, 0.25) is 0 Å². The van der Waals surface area contributed by atoms with Crippen molar-refractivity contribution in [2.45, 2.75) is 0 Å². The predicted octanol–water partition coefficient (Wildman–Crippen LogP) is 2.89. The lowest BCUT2D eigenvalue weighted by Gasteiger charge is -2.06. The van der Waals surface area contributed by atoms with Gasteiger partial charge >= 0.3 is 7.82 Å². The Bertz CT molecular complexity index is 500. The summed E-state index contributed by atoms with van der Waals surface area (Å²) in [4.78, 5) is 18.3. The molecule has 0 radical (unpaired) electrons. The van der Waals surface area contributed by atoms with Crippen LogP contribution in [0.5, 0.6) is 5.75 Å². The Morgan fingerprint density at radius 1 is 1.12 bits per heavy atom. The molecular formula is C10H9O4PS. The number of benzene rings is 1. The second-order valence-corrected chi connectivity index (χ2v) is 5.19. The minimum atomic E-state index is -4.46. The summed E-state index contributed by atoms with van der Waals surface area (Å²) < 4.78 is 15.0. The maximum absolute atomic E-state index is 10.6. The van der Waals surface area contributed by atoms with Gasteiger partial charge in [0.1, 0.15) is 5.75 Å². The first-order valence-corrected chi connectivity index (χ1v) is 6.85. The van der Waals surface area contributed by atoms with Crippen LogP contribution >= 0.6 is 19.2 Å². The lowest BCUT2D eigenvalue weighted by molar-refractivity contribution is 0.283. The second-order valence-electron chi connectivity index (χ2n) is 3.08. The van der Waals surface area contributed by atoms with Crippen LogP contribution in [0.4, 0.5) is 0 Å². The molecular weight excluding hydrogens is 247 g/mol. The van der Waals surface area contributed by atoms with E-state index in [1.165, 1.54) is 12.1 Å². The van der Waals surface area contributed by atoms with E-state index in [2.05, 4.69) is 4.52 Å². The number of phosphoric acid groups is 1. The highest BCUT2D eigenvalue weighted by Gasteiger charge is 2.15. The van der Waals surface area contributed by atoms with E-state index in [4.69, 9.17) is 9.79 Å². The average molecular weight is 256 g/mol. The lowest BCUT2D eigenvalue weighted by atomic mass is 10.2. The lowest BCUT2D eigenvalue weighted by Crippen LogP contribution is -1.89. The zero-order valence-corrected chi connectivity index (χ0v) is 9.82. The quantitative estimate of drug-likeness (QED) is 0.828. The molecule has 16 heavy (non-hydrogen) atoms. The third-order valence-electron chi connectivity index (χ3n) is 1.88. The van der Waals surface area contributed by atoms with Crippen LogP contribution in [-0.4, -0.2) is 9.79 Å². The van der Waals surface area contributed by atoms with Crippen molar-refractivity contribution in [3.8, 4) is 16.2 Å². The van der Waals surface area contributed by atoms with E-state index in [9.17, 15) is 4.57 Å². The van der Waals surface area contributed by atoms with Crippen LogP contribution in [0, 0.1) is 0 Å². The van der Waals surface area contributed by atoms with Crippen LogP contribution < -0.4 is 4.52 Å². The number of hydrogen-bond donors (Lipinski definition) is 2. The molecule has 0 saturated carbocycles. The molecule has 0 atom stereocenters. The summed E-state index contributed by atoms with van der Waals surface area (Å²) in [7, 11) is -4.46. The minimum absolute atomic E-state index is 0.161. The van der Waals surface area contributed by atoms with Crippen molar-refractivity contribution in [3.05, 3.63) is 41.8 Å². The third kappa shape index (κ3) is 2.93. The molecule has 0 amide bonds. The Hall–Kier alpha value is -1.13. The van der Waals surface area contributed by atoms with Gasteiger partial charge in [0.15, 0.2) is 0 Å². The molecule has 2 aromatic rings. The van der Waals surface area contributed by atoms with E-state index in [1.807, 2.05) is 17.5 Å². The smallest absolute Gasteiger partial charge is 0.404 e. The fraction of sp³-hybridized carbons (Fsp3) is 0. The highest BCUT2D eigenvalue weighted by Crippen LogP contribution is 2.38. The minimum Gasteiger partial charge on any atom is -0.404 e. The standard InChI is InChI=1S/C10H9O4PS/c11-15(12,13)14-9-5-3-8(4-6-9)10-2-1-7-16-10/h1-7H,(H2,11,12,13). The Morgan fingerprint density at radius 3 is 2.31 bits per heavy atom.